The number of piperazine rings is 1. The van der Waals surface area contributed by atoms with Gasteiger partial charge in [-0.1, -0.05) is 23.7 Å². The number of para-hydroxylation sites is 1. The molecule has 2 saturated heterocycles. The molecule has 0 unspecified atom stereocenters. The van der Waals surface area contributed by atoms with Crippen molar-refractivity contribution in [2.75, 3.05) is 71.3 Å². The van der Waals surface area contributed by atoms with Crippen LogP contribution >= 0.6 is 11.6 Å². The molecule has 8 nitrogen and oxygen atoms in total. The zero-order valence-electron chi connectivity index (χ0n) is 17.5. The van der Waals surface area contributed by atoms with Crippen LogP contribution in [0, 0.1) is 0 Å². The van der Waals surface area contributed by atoms with E-state index < -0.39 is 0 Å². The van der Waals surface area contributed by atoms with Crippen molar-refractivity contribution in [3.8, 4) is 0 Å². The van der Waals surface area contributed by atoms with E-state index in [0.717, 1.165) is 52.1 Å². The number of rotatable bonds is 7. The molecule has 164 valence electrons. The summed E-state index contributed by atoms with van der Waals surface area (Å²) in [6, 6.07) is 6.99. The summed E-state index contributed by atoms with van der Waals surface area (Å²) in [6.07, 6.45) is 2.21. The van der Waals surface area contributed by atoms with E-state index in [1.54, 1.807) is 31.3 Å². The molecule has 0 aromatic heterocycles. The zero-order chi connectivity index (χ0) is 21.5. The van der Waals surface area contributed by atoms with Gasteiger partial charge in [0.2, 0.25) is 17.7 Å². The van der Waals surface area contributed by atoms with Gasteiger partial charge in [-0.05, 0) is 25.0 Å². The minimum absolute atomic E-state index is 0.0334. The second kappa shape index (κ2) is 10.7. The number of carbonyl (C=O) groups is 3. The Hall–Kier alpha value is -2.16. The number of hydrogen-bond acceptors (Lipinski definition) is 5. The number of benzene rings is 1. The standard InChI is InChI=1S/C21H30ClN5O3/c1-24(14-19(28)23-18-7-3-2-6-17(18)22)20(29)15-25-10-12-26(13-11-25)16-21(30)27-8-4-5-9-27/h2-3,6-7H,4-5,8-16H2,1H3,(H,23,28). The summed E-state index contributed by atoms with van der Waals surface area (Å²) in [5.74, 6) is -0.184. The minimum atomic E-state index is -0.288. The lowest BCUT2D eigenvalue weighted by Gasteiger charge is -2.35. The lowest BCUT2D eigenvalue weighted by atomic mass is 10.3. The molecule has 2 aliphatic rings. The first-order valence-corrected chi connectivity index (χ1v) is 10.8. The predicted octanol–water partition coefficient (Wildman–Crippen LogP) is 0.977. The molecule has 2 heterocycles. The fourth-order valence-electron chi connectivity index (χ4n) is 3.73. The summed E-state index contributed by atoms with van der Waals surface area (Å²) in [5.41, 5.74) is 0.532. The predicted molar refractivity (Wildman–Crippen MR) is 116 cm³/mol. The molecule has 0 radical (unpaired) electrons. The highest BCUT2D eigenvalue weighted by molar-refractivity contribution is 6.33. The van der Waals surface area contributed by atoms with Gasteiger partial charge in [0.25, 0.3) is 0 Å². The molecule has 0 atom stereocenters. The lowest BCUT2D eigenvalue weighted by molar-refractivity contribution is -0.135. The van der Waals surface area contributed by atoms with Gasteiger partial charge in [0.05, 0.1) is 30.3 Å². The van der Waals surface area contributed by atoms with Gasteiger partial charge >= 0.3 is 0 Å². The van der Waals surface area contributed by atoms with Crippen LogP contribution < -0.4 is 5.32 Å². The van der Waals surface area contributed by atoms with Crippen LogP contribution in [0.3, 0.4) is 0 Å². The maximum atomic E-state index is 12.5. The van der Waals surface area contributed by atoms with Crippen molar-refractivity contribution in [3.05, 3.63) is 29.3 Å². The van der Waals surface area contributed by atoms with Crippen molar-refractivity contribution in [1.82, 2.24) is 19.6 Å². The molecule has 2 fully saturated rings. The average molecular weight is 436 g/mol. The minimum Gasteiger partial charge on any atom is -0.342 e. The average Bonchev–Trinajstić information content (AvgIpc) is 3.26. The maximum absolute atomic E-state index is 12.5. The number of halogens is 1. The molecule has 0 bridgehead atoms. The number of nitrogens with one attached hydrogen (secondary N) is 1. The molecule has 1 aromatic rings. The van der Waals surface area contributed by atoms with E-state index in [-0.39, 0.29) is 30.8 Å². The van der Waals surface area contributed by atoms with Crippen LogP contribution in [0.1, 0.15) is 12.8 Å². The van der Waals surface area contributed by atoms with Crippen molar-refractivity contribution >= 4 is 35.0 Å². The van der Waals surface area contributed by atoms with Crippen LogP contribution in [0.15, 0.2) is 24.3 Å². The van der Waals surface area contributed by atoms with Crippen molar-refractivity contribution in [2.45, 2.75) is 12.8 Å². The van der Waals surface area contributed by atoms with Crippen molar-refractivity contribution < 1.29 is 14.4 Å². The second-order valence-electron chi connectivity index (χ2n) is 7.92. The van der Waals surface area contributed by atoms with Gasteiger partial charge in [-0.2, -0.15) is 0 Å². The summed E-state index contributed by atoms with van der Waals surface area (Å²) >= 11 is 6.05. The number of carbonyl (C=O) groups excluding carboxylic acids is 3. The number of nitrogens with zero attached hydrogens (tertiary/aromatic N) is 4. The summed E-state index contributed by atoms with van der Waals surface area (Å²) < 4.78 is 0. The first kappa shape index (κ1) is 22.5. The van der Waals surface area contributed by atoms with Crippen LogP contribution in [0.5, 0.6) is 0 Å². The summed E-state index contributed by atoms with van der Waals surface area (Å²) in [4.78, 5) is 44.6. The van der Waals surface area contributed by atoms with E-state index >= 15 is 0 Å². The van der Waals surface area contributed by atoms with E-state index in [4.69, 9.17) is 11.6 Å². The van der Waals surface area contributed by atoms with Crippen LogP contribution in [-0.2, 0) is 14.4 Å². The van der Waals surface area contributed by atoms with Crippen LogP contribution in [0.4, 0.5) is 5.69 Å². The Morgan fingerprint density at radius 1 is 0.967 bits per heavy atom. The highest BCUT2D eigenvalue weighted by atomic mass is 35.5. The Bertz CT molecular complexity index is 761. The van der Waals surface area contributed by atoms with E-state index in [2.05, 4.69) is 15.1 Å². The monoisotopic (exact) mass is 435 g/mol. The SMILES string of the molecule is CN(CC(=O)Nc1ccccc1Cl)C(=O)CN1CCN(CC(=O)N2CCCC2)CC1. The van der Waals surface area contributed by atoms with Crippen LogP contribution in [0.25, 0.3) is 0 Å². The van der Waals surface area contributed by atoms with Gasteiger partial charge in [0, 0.05) is 46.3 Å². The molecule has 0 saturated carbocycles. The van der Waals surface area contributed by atoms with E-state index in [9.17, 15) is 14.4 Å². The molecule has 2 aliphatic heterocycles. The molecule has 1 aromatic carbocycles. The Morgan fingerprint density at radius 2 is 1.57 bits per heavy atom. The highest BCUT2D eigenvalue weighted by Gasteiger charge is 2.25. The smallest absolute Gasteiger partial charge is 0.244 e. The molecule has 0 spiro atoms. The number of amides is 3. The van der Waals surface area contributed by atoms with Crippen molar-refractivity contribution in [2.24, 2.45) is 0 Å². The molecular weight excluding hydrogens is 406 g/mol. The largest absolute Gasteiger partial charge is 0.342 e. The van der Waals surface area contributed by atoms with Crippen LogP contribution in [0.2, 0.25) is 5.02 Å². The van der Waals surface area contributed by atoms with Gasteiger partial charge in [0.15, 0.2) is 0 Å². The topological polar surface area (TPSA) is 76.2 Å². The third kappa shape index (κ3) is 6.42. The normalized spacial score (nSPS) is 17.7. The fourth-order valence-corrected chi connectivity index (χ4v) is 3.91. The molecule has 30 heavy (non-hydrogen) atoms. The summed E-state index contributed by atoms with van der Waals surface area (Å²) in [5, 5.41) is 3.18. The first-order chi connectivity index (χ1) is 14.4. The third-order valence-corrected chi connectivity index (χ3v) is 5.93. The first-order valence-electron chi connectivity index (χ1n) is 10.4. The summed E-state index contributed by atoms with van der Waals surface area (Å²) in [7, 11) is 1.62. The van der Waals surface area contributed by atoms with Gasteiger partial charge < -0.3 is 15.1 Å². The highest BCUT2D eigenvalue weighted by Crippen LogP contribution is 2.20. The van der Waals surface area contributed by atoms with Gasteiger partial charge in [-0.3, -0.25) is 24.2 Å². The van der Waals surface area contributed by atoms with Gasteiger partial charge in [-0.25, -0.2) is 0 Å². The van der Waals surface area contributed by atoms with E-state index in [1.165, 1.54) is 4.90 Å². The van der Waals surface area contributed by atoms with Gasteiger partial charge in [-0.15, -0.1) is 0 Å². The number of likely N-dealkylation sites (tertiary alicyclic amines) is 1. The fraction of sp³-hybridized carbons (Fsp3) is 0.571. The molecular formula is C21H30ClN5O3. The molecule has 1 N–H and O–H groups in total. The van der Waals surface area contributed by atoms with E-state index in [0.29, 0.717) is 17.3 Å². The molecule has 3 amide bonds. The third-order valence-electron chi connectivity index (χ3n) is 5.60. The van der Waals surface area contributed by atoms with Crippen LogP contribution in [-0.4, -0.2) is 103 Å². The molecule has 9 heteroatoms. The Morgan fingerprint density at radius 3 is 2.20 bits per heavy atom. The van der Waals surface area contributed by atoms with Gasteiger partial charge in [0.1, 0.15) is 0 Å². The second-order valence-corrected chi connectivity index (χ2v) is 8.33. The number of anilines is 1. The Balaban J connectivity index is 1.37. The molecule has 0 aliphatic carbocycles. The zero-order valence-corrected chi connectivity index (χ0v) is 18.2. The Labute approximate surface area is 182 Å². The van der Waals surface area contributed by atoms with Crippen molar-refractivity contribution in [3.63, 3.8) is 0 Å². The summed E-state index contributed by atoms with van der Waals surface area (Å²) in [6.45, 7) is 5.46. The molecule has 3 rings (SSSR count). The quantitative estimate of drug-likeness (QED) is 0.690. The van der Waals surface area contributed by atoms with Crippen molar-refractivity contribution in [1.29, 1.82) is 0 Å². The Kier molecular flexibility index (Phi) is 8.07. The van der Waals surface area contributed by atoms with E-state index in [1.807, 2.05) is 4.90 Å². The number of hydrogen-bond donors (Lipinski definition) is 1. The maximum Gasteiger partial charge on any atom is 0.244 e. The number of likely N-dealkylation sites (N-methyl/N-ethyl adjacent to an activating group) is 1. The lowest BCUT2D eigenvalue weighted by Crippen LogP contribution is -2.52.